The monoisotopic (exact) mass is 242 g/mol. The minimum Gasteiger partial charge on any atom is -0.497 e. The van der Waals surface area contributed by atoms with Gasteiger partial charge in [-0.2, -0.15) is 0 Å². The summed E-state index contributed by atoms with van der Waals surface area (Å²) in [6.07, 6.45) is 9.93. The van der Waals surface area contributed by atoms with Gasteiger partial charge in [-0.15, -0.1) is 11.8 Å². The molecule has 1 nitrogen and oxygen atoms in total. The third-order valence-corrected chi connectivity index (χ3v) is 2.65. The molecule has 0 unspecified atom stereocenters. The SMILES string of the molecule is CCC#CCCCC/C=C/c1ccc(OC)cc1. The highest BCUT2D eigenvalue weighted by molar-refractivity contribution is 5.50. The molecule has 0 aliphatic rings. The molecule has 0 fully saturated rings. The Labute approximate surface area is 111 Å². The van der Waals surface area contributed by atoms with Crippen molar-refractivity contribution >= 4 is 6.08 Å². The Morgan fingerprint density at radius 2 is 1.89 bits per heavy atom. The first-order valence-corrected chi connectivity index (χ1v) is 6.63. The Bertz CT molecular complexity index is 403. The van der Waals surface area contributed by atoms with Gasteiger partial charge in [-0.1, -0.05) is 31.2 Å². The van der Waals surface area contributed by atoms with Crippen LogP contribution in [0.5, 0.6) is 5.75 Å². The molecule has 0 spiro atoms. The van der Waals surface area contributed by atoms with Gasteiger partial charge in [0, 0.05) is 12.8 Å². The molecule has 0 saturated heterocycles. The van der Waals surface area contributed by atoms with E-state index in [1.165, 1.54) is 18.4 Å². The molecule has 96 valence electrons. The average Bonchev–Trinajstić information content (AvgIpc) is 2.42. The highest BCUT2D eigenvalue weighted by Crippen LogP contribution is 2.12. The Morgan fingerprint density at radius 3 is 2.56 bits per heavy atom. The topological polar surface area (TPSA) is 9.23 Å². The molecule has 1 aromatic carbocycles. The summed E-state index contributed by atoms with van der Waals surface area (Å²) in [6.45, 7) is 2.09. The van der Waals surface area contributed by atoms with E-state index in [1.54, 1.807) is 7.11 Å². The normalized spacial score (nSPS) is 10.1. The van der Waals surface area contributed by atoms with Crippen LogP contribution in [0.3, 0.4) is 0 Å². The smallest absolute Gasteiger partial charge is 0.118 e. The first-order chi connectivity index (χ1) is 8.86. The van der Waals surface area contributed by atoms with Crippen LogP contribution in [-0.2, 0) is 0 Å². The van der Waals surface area contributed by atoms with Gasteiger partial charge in [0.05, 0.1) is 7.11 Å². The van der Waals surface area contributed by atoms with Gasteiger partial charge in [0.15, 0.2) is 0 Å². The van der Waals surface area contributed by atoms with Crippen LogP contribution in [0.1, 0.15) is 44.6 Å². The van der Waals surface area contributed by atoms with Crippen molar-refractivity contribution in [3.63, 3.8) is 0 Å². The third-order valence-electron chi connectivity index (χ3n) is 2.65. The fourth-order valence-electron chi connectivity index (χ4n) is 1.62. The summed E-state index contributed by atoms with van der Waals surface area (Å²) in [5.41, 5.74) is 1.22. The standard InChI is InChI=1S/C17H22O/c1-3-4-5-6-7-8-9-10-11-16-12-14-17(18-2)15-13-16/h10-15H,3,6-9H2,1-2H3/b11-10+. The maximum atomic E-state index is 5.12. The van der Waals surface area contributed by atoms with Gasteiger partial charge in [0.25, 0.3) is 0 Å². The molecule has 0 saturated carbocycles. The van der Waals surface area contributed by atoms with Crippen LogP contribution in [0, 0.1) is 11.8 Å². The summed E-state index contributed by atoms with van der Waals surface area (Å²) in [4.78, 5) is 0. The molecule has 1 aromatic rings. The van der Waals surface area contributed by atoms with E-state index in [1.807, 2.05) is 12.1 Å². The fraction of sp³-hybridized carbons (Fsp3) is 0.412. The fourth-order valence-corrected chi connectivity index (χ4v) is 1.62. The minimum atomic E-state index is 0.904. The number of methoxy groups -OCH3 is 1. The van der Waals surface area contributed by atoms with Crippen molar-refractivity contribution in [1.82, 2.24) is 0 Å². The maximum absolute atomic E-state index is 5.12. The molecule has 0 atom stereocenters. The second-order valence-electron chi connectivity index (χ2n) is 4.13. The quantitative estimate of drug-likeness (QED) is 0.520. The Morgan fingerprint density at radius 1 is 1.11 bits per heavy atom. The number of unbranched alkanes of at least 4 members (excludes halogenated alkanes) is 3. The summed E-state index contributed by atoms with van der Waals surface area (Å²) in [5.74, 6) is 7.17. The largest absolute Gasteiger partial charge is 0.497 e. The lowest BCUT2D eigenvalue weighted by atomic mass is 10.1. The maximum Gasteiger partial charge on any atom is 0.118 e. The van der Waals surface area contributed by atoms with E-state index >= 15 is 0 Å². The molecule has 0 aromatic heterocycles. The van der Waals surface area contributed by atoms with Crippen LogP contribution in [0.4, 0.5) is 0 Å². The van der Waals surface area contributed by atoms with Crippen LogP contribution < -0.4 is 4.74 Å². The molecule has 0 aliphatic heterocycles. The highest BCUT2D eigenvalue weighted by Gasteiger charge is 1.89. The predicted molar refractivity (Wildman–Crippen MR) is 78.6 cm³/mol. The Hall–Kier alpha value is -1.68. The van der Waals surface area contributed by atoms with Crippen molar-refractivity contribution in [3.8, 4) is 17.6 Å². The van der Waals surface area contributed by atoms with Crippen LogP contribution in [0.2, 0.25) is 0 Å². The zero-order valence-corrected chi connectivity index (χ0v) is 11.4. The molecule has 0 radical (unpaired) electrons. The lowest BCUT2D eigenvalue weighted by Crippen LogP contribution is -1.81. The molecular formula is C17H22O. The first kappa shape index (κ1) is 14.4. The summed E-state index contributed by atoms with van der Waals surface area (Å²) in [7, 11) is 1.69. The molecule has 0 bridgehead atoms. The van der Waals surface area contributed by atoms with E-state index in [-0.39, 0.29) is 0 Å². The molecular weight excluding hydrogens is 220 g/mol. The second kappa shape index (κ2) is 9.36. The molecule has 1 rings (SSSR count). The summed E-state index contributed by atoms with van der Waals surface area (Å²) < 4.78 is 5.12. The van der Waals surface area contributed by atoms with Crippen molar-refractivity contribution < 1.29 is 4.74 Å². The number of rotatable bonds is 6. The molecule has 18 heavy (non-hydrogen) atoms. The zero-order valence-electron chi connectivity index (χ0n) is 11.4. The molecule has 0 aliphatic carbocycles. The van der Waals surface area contributed by atoms with Crippen molar-refractivity contribution in [2.45, 2.75) is 39.0 Å². The summed E-state index contributed by atoms with van der Waals surface area (Å²) in [5, 5.41) is 0. The molecule has 0 N–H and O–H groups in total. The van der Waals surface area contributed by atoms with Crippen LogP contribution >= 0.6 is 0 Å². The van der Waals surface area contributed by atoms with Crippen LogP contribution in [0.15, 0.2) is 30.3 Å². The van der Waals surface area contributed by atoms with Crippen molar-refractivity contribution in [2.75, 3.05) is 7.11 Å². The first-order valence-electron chi connectivity index (χ1n) is 6.63. The Kier molecular flexibility index (Phi) is 7.48. The van der Waals surface area contributed by atoms with Crippen molar-refractivity contribution in [1.29, 1.82) is 0 Å². The van der Waals surface area contributed by atoms with Gasteiger partial charge < -0.3 is 4.74 Å². The van der Waals surface area contributed by atoms with Crippen molar-refractivity contribution in [3.05, 3.63) is 35.9 Å². The van der Waals surface area contributed by atoms with Gasteiger partial charge >= 0.3 is 0 Å². The van der Waals surface area contributed by atoms with Gasteiger partial charge in [-0.25, -0.2) is 0 Å². The number of ether oxygens (including phenoxy) is 1. The number of hydrogen-bond acceptors (Lipinski definition) is 1. The number of hydrogen-bond donors (Lipinski definition) is 0. The van der Waals surface area contributed by atoms with E-state index in [9.17, 15) is 0 Å². The van der Waals surface area contributed by atoms with Gasteiger partial charge in [0.1, 0.15) is 5.75 Å². The second-order valence-corrected chi connectivity index (χ2v) is 4.13. The van der Waals surface area contributed by atoms with E-state index in [0.717, 1.165) is 25.0 Å². The van der Waals surface area contributed by atoms with Gasteiger partial charge in [-0.05, 0) is 37.0 Å². The van der Waals surface area contributed by atoms with Crippen LogP contribution in [-0.4, -0.2) is 7.11 Å². The lowest BCUT2D eigenvalue weighted by molar-refractivity contribution is 0.415. The highest BCUT2D eigenvalue weighted by atomic mass is 16.5. The van der Waals surface area contributed by atoms with E-state index in [0.29, 0.717) is 0 Å². The van der Waals surface area contributed by atoms with Crippen LogP contribution in [0.25, 0.3) is 6.08 Å². The summed E-state index contributed by atoms with van der Waals surface area (Å²) in [6, 6.07) is 8.12. The zero-order chi connectivity index (χ0) is 13.1. The number of benzene rings is 1. The minimum absolute atomic E-state index is 0.904. The molecule has 1 heteroatoms. The predicted octanol–water partition coefficient (Wildman–Crippen LogP) is 4.68. The third kappa shape index (κ3) is 6.15. The van der Waals surface area contributed by atoms with E-state index < -0.39 is 0 Å². The van der Waals surface area contributed by atoms with Gasteiger partial charge in [-0.3, -0.25) is 0 Å². The van der Waals surface area contributed by atoms with E-state index in [4.69, 9.17) is 4.74 Å². The summed E-state index contributed by atoms with van der Waals surface area (Å²) >= 11 is 0. The van der Waals surface area contributed by atoms with Gasteiger partial charge in [0.2, 0.25) is 0 Å². The van der Waals surface area contributed by atoms with E-state index in [2.05, 4.69) is 43.0 Å². The average molecular weight is 242 g/mol. The number of allylic oxidation sites excluding steroid dienone is 1. The lowest BCUT2D eigenvalue weighted by Gasteiger charge is -1.99. The molecule has 0 amide bonds. The Balaban J connectivity index is 2.19. The van der Waals surface area contributed by atoms with Crippen molar-refractivity contribution in [2.24, 2.45) is 0 Å². The molecule has 0 heterocycles.